The summed E-state index contributed by atoms with van der Waals surface area (Å²) >= 11 is 0. The topological polar surface area (TPSA) is 83.6 Å². The Morgan fingerprint density at radius 2 is 1.68 bits per heavy atom. The smallest absolute Gasteiger partial charge is 0.229 e. The van der Waals surface area contributed by atoms with Crippen molar-refractivity contribution in [1.29, 1.82) is 0 Å². The Labute approximate surface area is 220 Å². The fourth-order valence-corrected chi connectivity index (χ4v) is 4.82. The summed E-state index contributed by atoms with van der Waals surface area (Å²) in [7, 11) is 2.20. The summed E-state index contributed by atoms with van der Waals surface area (Å²) in [4.78, 5) is 16.6. The van der Waals surface area contributed by atoms with Gasteiger partial charge in [0, 0.05) is 55.8 Å². The van der Waals surface area contributed by atoms with Crippen molar-refractivity contribution in [2.45, 2.75) is 32.6 Å². The normalized spacial score (nSPS) is 17.9. The van der Waals surface area contributed by atoms with E-state index in [0.29, 0.717) is 5.95 Å². The van der Waals surface area contributed by atoms with Crippen molar-refractivity contribution < 1.29 is 0 Å². The summed E-state index contributed by atoms with van der Waals surface area (Å²) < 4.78 is 0. The molecule has 1 unspecified atom stereocenters. The van der Waals surface area contributed by atoms with Gasteiger partial charge in [-0.3, -0.25) is 0 Å². The van der Waals surface area contributed by atoms with Crippen molar-refractivity contribution in [3.8, 4) is 0 Å². The SMILES string of the molecule is CC(C)N1c2nc(Nc3ccc(NCCCN4CCN(C)CC4)cc3)ncc2NC1Nc1ccccc1. The van der Waals surface area contributed by atoms with E-state index in [1.807, 2.05) is 24.4 Å². The molecule has 2 aliphatic heterocycles. The van der Waals surface area contributed by atoms with E-state index in [1.165, 1.54) is 26.2 Å². The minimum atomic E-state index is -0.0939. The number of hydrogen-bond acceptors (Lipinski definition) is 9. The third kappa shape index (κ3) is 6.42. The highest BCUT2D eigenvalue weighted by molar-refractivity contribution is 5.75. The second-order valence-corrected chi connectivity index (χ2v) is 10.1. The molecule has 3 aromatic rings. The number of nitrogens with zero attached hydrogens (tertiary/aromatic N) is 5. The summed E-state index contributed by atoms with van der Waals surface area (Å²) in [5.74, 6) is 1.47. The van der Waals surface area contributed by atoms with Gasteiger partial charge in [0.25, 0.3) is 0 Å². The molecule has 196 valence electrons. The van der Waals surface area contributed by atoms with E-state index in [2.05, 4.69) is 98.2 Å². The Kier molecular flexibility index (Phi) is 7.91. The van der Waals surface area contributed by atoms with E-state index < -0.39 is 0 Å². The molecule has 3 heterocycles. The number of rotatable bonds is 10. The van der Waals surface area contributed by atoms with Crippen LogP contribution in [0.15, 0.2) is 60.8 Å². The lowest BCUT2D eigenvalue weighted by Crippen LogP contribution is -2.46. The zero-order chi connectivity index (χ0) is 25.6. The fraction of sp³-hybridized carbons (Fsp3) is 0.429. The minimum absolute atomic E-state index is 0.0939. The first-order valence-electron chi connectivity index (χ1n) is 13.3. The largest absolute Gasteiger partial charge is 0.385 e. The maximum absolute atomic E-state index is 4.85. The van der Waals surface area contributed by atoms with Gasteiger partial charge in [-0.2, -0.15) is 4.98 Å². The van der Waals surface area contributed by atoms with Crippen molar-refractivity contribution in [1.82, 2.24) is 19.8 Å². The number of para-hydroxylation sites is 1. The molecule has 9 nitrogen and oxygen atoms in total. The molecule has 1 saturated heterocycles. The molecule has 1 atom stereocenters. The van der Waals surface area contributed by atoms with Gasteiger partial charge >= 0.3 is 0 Å². The van der Waals surface area contributed by atoms with E-state index in [1.54, 1.807) is 0 Å². The van der Waals surface area contributed by atoms with Crippen LogP contribution in [0.3, 0.4) is 0 Å². The number of hydrogen-bond donors (Lipinski definition) is 4. The van der Waals surface area contributed by atoms with E-state index in [4.69, 9.17) is 4.98 Å². The number of nitrogens with one attached hydrogen (secondary N) is 4. The number of fused-ring (bicyclic) bond motifs is 1. The minimum Gasteiger partial charge on any atom is -0.385 e. The van der Waals surface area contributed by atoms with Crippen LogP contribution in [-0.4, -0.2) is 78.4 Å². The number of aromatic nitrogens is 2. The van der Waals surface area contributed by atoms with Gasteiger partial charge in [-0.15, -0.1) is 0 Å². The molecule has 9 heteroatoms. The van der Waals surface area contributed by atoms with E-state index >= 15 is 0 Å². The van der Waals surface area contributed by atoms with Gasteiger partial charge in [-0.05, 0) is 70.3 Å². The molecule has 0 bridgehead atoms. The highest BCUT2D eigenvalue weighted by atomic mass is 15.5. The van der Waals surface area contributed by atoms with Gasteiger partial charge in [-0.1, -0.05) is 18.2 Å². The predicted molar refractivity (Wildman–Crippen MR) is 154 cm³/mol. The number of anilines is 6. The Balaban J connectivity index is 1.15. The first-order chi connectivity index (χ1) is 18.0. The van der Waals surface area contributed by atoms with Crippen LogP contribution >= 0.6 is 0 Å². The van der Waals surface area contributed by atoms with Gasteiger partial charge in [0.2, 0.25) is 5.95 Å². The highest BCUT2D eigenvalue weighted by Gasteiger charge is 2.32. The summed E-state index contributed by atoms with van der Waals surface area (Å²) in [5.41, 5.74) is 4.06. The monoisotopic (exact) mass is 501 g/mol. The molecule has 4 N–H and O–H groups in total. The third-order valence-electron chi connectivity index (χ3n) is 6.93. The van der Waals surface area contributed by atoms with Crippen molar-refractivity contribution in [2.75, 3.05) is 72.5 Å². The van der Waals surface area contributed by atoms with Gasteiger partial charge in [-0.25, -0.2) is 4.98 Å². The molecule has 1 fully saturated rings. The van der Waals surface area contributed by atoms with Crippen molar-refractivity contribution in [2.24, 2.45) is 0 Å². The quantitative estimate of drug-likeness (QED) is 0.304. The van der Waals surface area contributed by atoms with Crippen LogP contribution in [-0.2, 0) is 0 Å². The summed E-state index contributed by atoms with van der Waals surface area (Å²) in [6.07, 6.45) is 2.90. The van der Waals surface area contributed by atoms with Crippen LogP contribution in [0.2, 0.25) is 0 Å². The zero-order valence-corrected chi connectivity index (χ0v) is 22.1. The maximum Gasteiger partial charge on any atom is 0.229 e. The molecule has 0 amide bonds. The molecule has 0 aliphatic carbocycles. The molecule has 37 heavy (non-hydrogen) atoms. The zero-order valence-electron chi connectivity index (χ0n) is 22.1. The summed E-state index contributed by atoms with van der Waals surface area (Å²) in [6, 6.07) is 18.8. The van der Waals surface area contributed by atoms with E-state index in [0.717, 1.165) is 48.1 Å². The number of piperazine rings is 1. The van der Waals surface area contributed by atoms with Crippen LogP contribution in [0, 0.1) is 0 Å². The lowest BCUT2D eigenvalue weighted by atomic mass is 10.2. The molecule has 0 saturated carbocycles. The molecule has 0 spiro atoms. The van der Waals surface area contributed by atoms with Gasteiger partial charge in [0.1, 0.15) is 0 Å². The van der Waals surface area contributed by atoms with Crippen LogP contribution in [0.1, 0.15) is 20.3 Å². The lowest BCUT2D eigenvalue weighted by molar-refractivity contribution is 0.154. The molecule has 2 aromatic carbocycles. The van der Waals surface area contributed by atoms with Crippen LogP contribution in [0.5, 0.6) is 0 Å². The van der Waals surface area contributed by atoms with Gasteiger partial charge in [0.05, 0.1) is 11.9 Å². The summed E-state index contributed by atoms with van der Waals surface area (Å²) in [5, 5.41) is 14.0. The average Bonchev–Trinajstić information content (AvgIpc) is 3.26. The van der Waals surface area contributed by atoms with Crippen molar-refractivity contribution >= 4 is 34.5 Å². The molecule has 5 rings (SSSR count). The molecule has 0 radical (unpaired) electrons. The molecule has 2 aliphatic rings. The summed E-state index contributed by atoms with van der Waals surface area (Å²) in [6.45, 7) is 11.2. The standard InChI is InChI=1S/C28H39N9/c1-21(2)37-26-25(33-28(37)32-23-8-5-4-6-9-23)20-30-27(34-26)31-24-12-10-22(11-13-24)29-14-7-15-36-18-16-35(3)17-19-36/h4-6,8-13,20-21,28-29,32-33H,7,14-19H2,1-3H3,(H,30,31,34). The van der Waals surface area contributed by atoms with Crippen LogP contribution in [0.25, 0.3) is 0 Å². The third-order valence-corrected chi connectivity index (χ3v) is 6.93. The Morgan fingerprint density at radius 1 is 0.946 bits per heavy atom. The highest BCUT2D eigenvalue weighted by Crippen LogP contribution is 2.35. The molecular weight excluding hydrogens is 462 g/mol. The molecule has 1 aromatic heterocycles. The van der Waals surface area contributed by atoms with Gasteiger partial charge in [0.15, 0.2) is 12.1 Å². The number of likely N-dealkylation sites (N-methyl/N-ethyl adjacent to an activating group) is 1. The van der Waals surface area contributed by atoms with Gasteiger partial charge < -0.3 is 36.0 Å². The maximum atomic E-state index is 4.85. The molecular formula is C28H39N9. The Hall–Kier alpha value is -3.56. The van der Waals surface area contributed by atoms with Crippen molar-refractivity contribution in [3.05, 3.63) is 60.8 Å². The van der Waals surface area contributed by atoms with E-state index in [9.17, 15) is 0 Å². The van der Waals surface area contributed by atoms with E-state index in [-0.39, 0.29) is 12.3 Å². The predicted octanol–water partition coefficient (Wildman–Crippen LogP) is 4.31. The second-order valence-electron chi connectivity index (χ2n) is 10.1. The first-order valence-corrected chi connectivity index (χ1v) is 13.3. The lowest BCUT2D eigenvalue weighted by Gasteiger charge is -2.32. The second kappa shape index (κ2) is 11.7. The Bertz CT molecular complexity index is 1130. The fourth-order valence-electron chi connectivity index (χ4n) is 4.82. The van der Waals surface area contributed by atoms with Crippen LogP contribution in [0.4, 0.5) is 34.5 Å². The Morgan fingerprint density at radius 3 is 2.41 bits per heavy atom. The average molecular weight is 502 g/mol. The first kappa shape index (κ1) is 25.1. The number of benzene rings is 2. The van der Waals surface area contributed by atoms with Crippen LogP contribution < -0.4 is 26.2 Å². The van der Waals surface area contributed by atoms with Crippen molar-refractivity contribution in [3.63, 3.8) is 0 Å².